The van der Waals surface area contributed by atoms with Gasteiger partial charge in [0.1, 0.15) is 0 Å². The van der Waals surface area contributed by atoms with Crippen molar-refractivity contribution in [3.63, 3.8) is 0 Å². The molecule has 0 spiro atoms. The number of hydrogen-bond acceptors (Lipinski definition) is 3. The van der Waals surface area contributed by atoms with Gasteiger partial charge in [-0.25, -0.2) is 0 Å². The number of nitrogens with zero attached hydrogens (tertiary/aromatic N) is 1. The third-order valence-electron chi connectivity index (χ3n) is 2.92. The van der Waals surface area contributed by atoms with Crippen LogP contribution in [0.25, 0.3) is 0 Å². The van der Waals surface area contributed by atoms with Gasteiger partial charge in [0.05, 0.1) is 5.41 Å². The summed E-state index contributed by atoms with van der Waals surface area (Å²) >= 11 is 0. The number of carboxylic acids is 1. The summed E-state index contributed by atoms with van der Waals surface area (Å²) in [6.45, 7) is 10.7. The van der Waals surface area contributed by atoms with Crippen LogP contribution < -0.4 is 5.32 Å². The lowest BCUT2D eigenvalue weighted by Crippen LogP contribution is -2.38. The van der Waals surface area contributed by atoms with Crippen molar-refractivity contribution in [2.24, 2.45) is 5.41 Å². The van der Waals surface area contributed by atoms with Gasteiger partial charge in [0, 0.05) is 19.5 Å². The number of rotatable bonds is 9. The fourth-order valence-corrected chi connectivity index (χ4v) is 1.64. The van der Waals surface area contributed by atoms with Gasteiger partial charge in [-0.2, -0.15) is 0 Å². The third-order valence-corrected chi connectivity index (χ3v) is 2.92. The van der Waals surface area contributed by atoms with Crippen molar-refractivity contribution in [2.75, 3.05) is 26.2 Å². The number of hydrogen-bond donors (Lipinski definition) is 2. The topological polar surface area (TPSA) is 69.6 Å². The summed E-state index contributed by atoms with van der Waals surface area (Å²) in [5, 5.41) is 11.7. The van der Waals surface area contributed by atoms with Crippen LogP contribution in [0, 0.1) is 5.41 Å². The molecule has 2 N–H and O–H groups in total. The molecule has 0 rings (SSSR count). The molecular weight excluding hydrogens is 232 g/mol. The number of amides is 1. The van der Waals surface area contributed by atoms with Gasteiger partial charge in [0.25, 0.3) is 0 Å². The molecule has 106 valence electrons. The average molecular weight is 258 g/mol. The van der Waals surface area contributed by atoms with Crippen molar-refractivity contribution in [3.8, 4) is 0 Å². The largest absolute Gasteiger partial charge is 0.481 e. The quantitative estimate of drug-likeness (QED) is 0.654. The van der Waals surface area contributed by atoms with Crippen LogP contribution in [-0.2, 0) is 9.59 Å². The first-order valence-electron chi connectivity index (χ1n) is 6.56. The van der Waals surface area contributed by atoms with Gasteiger partial charge in [-0.05, 0) is 33.4 Å². The van der Waals surface area contributed by atoms with E-state index in [9.17, 15) is 9.59 Å². The molecular formula is C13H26N2O3. The lowest BCUT2D eigenvalue weighted by atomic mass is 9.89. The van der Waals surface area contributed by atoms with E-state index in [4.69, 9.17) is 5.11 Å². The second kappa shape index (κ2) is 8.08. The van der Waals surface area contributed by atoms with Gasteiger partial charge >= 0.3 is 5.97 Å². The van der Waals surface area contributed by atoms with E-state index in [1.165, 1.54) is 0 Å². The van der Waals surface area contributed by atoms with E-state index in [1.807, 2.05) is 0 Å². The van der Waals surface area contributed by atoms with Gasteiger partial charge < -0.3 is 15.3 Å². The Morgan fingerprint density at radius 1 is 1.22 bits per heavy atom. The van der Waals surface area contributed by atoms with Gasteiger partial charge in [-0.15, -0.1) is 0 Å². The van der Waals surface area contributed by atoms with Crippen LogP contribution in [0.3, 0.4) is 0 Å². The van der Waals surface area contributed by atoms with E-state index < -0.39 is 11.4 Å². The summed E-state index contributed by atoms with van der Waals surface area (Å²) in [5.41, 5.74) is -1.00. The molecule has 0 aromatic rings. The maximum atomic E-state index is 11.6. The number of carbonyl (C=O) groups excluding carboxylic acids is 1. The van der Waals surface area contributed by atoms with E-state index in [-0.39, 0.29) is 12.3 Å². The van der Waals surface area contributed by atoms with Crippen molar-refractivity contribution < 1.29 is 14.7 Å². The Hall–Kier alpha value is -1.10. The van der Waals surface area contributed by atoms with Crippen molar-refractivity contribution in [3.05, 3.63) is 0 Å². The van der Waals surface area contributed by atoms with Gasteiger partial charge in [0.15, 0.2) is 0 Å². The highest BCUT2D eigenvalue weighted by molar-refractivity contribution is 5.84. The molecule has 5 nitrogen and oxygen atoms in total. The average Bonchev–Trinajstić information content (AvgIpc) is 2.26. The number of aliphatic carboxylic acids is 1. The number of carbonyl (C=O) groups is 2. The smallest absolute Gasteiger partial charge is 0.309 e. The summed E-state index contributed by atoms with van der Waals surface area (Å²) in [4.78, 5) is 24.7. The summed E-state index contributed by atoms with van der Waals surface area (Å²) in [7, 11) is 0. The second-order valence-corrected chi connectivity index (χ2v) is 5.15. The molecule has 0 aliphatic heterocycles. The zero-order chi connectivity index (χ0) is 14.2. The Kier molecular flexibility index (Phi) is 7.59. The van der Waals surface area contributed by atoms with E-state index in [2.05, 4.69) is 24.1 Å². The maximum Gasteiger partial charge on any atom is 0.309 e. The van der Waals surface area contributed by atoms with Crippen molar-refractivity contribution >= 4 is 11.9 Å². The zero-order valence-corrected chi connectivity index (χ0v) is 12.0. The van der Waals surface area contributed by atoms with Crippen LogP contribution in [-0.4, -0.2) is 48.1 Å². The third kappa shape index (κ3) is 6.59. The van der Waals surface area contributed by atoms with Crippen LogP contribution in [0.15, 0.2) is 0 Å². The molecule has 0 aromatic heterocycles. The summed E-state index contributed by atoms with van der Waals surface area (Å²) < 4.78 is 0. The van der Waals surface area contributed by atoms with Gasteiger partial charge in [0.2, 0.25) is 5.91 Å². The molecule has 18 heavy (non-hydrogen) atoms. The number of likely N-dealkylation sites (N-methyl/N-ethyl adjacent to an activating group) is 1. The Morgan fingerprint density at radius 3 is 2.28 bits per heavy atom. The monoisotopic (exact) mass is 258 g/mol. The van der Waals surface area contributed by atoms with Crippen molar-refractivity contribution in [1.82, 2.24) is 10.2 Å². The molecule has 0 bridgehead atoms. The van der Waals surface area contributed by atoms with Crippen molar-refractivity contribution in [1.29, 1.82) is 0 Å². The molecule has 0 fully saturated rings. The first-order valence-corrected chi connectivity index (χ1v) is 6.56. The molecule has 0 aliphatic carbocycles. The molecule has 5 heteroatoms. The van der Waals surface area contributed by atoms with Gasteiger partial charge in [-0.3, -0.25) is 9.59 Å². The predicted octanol–water partition coefficient (Wildman–Crippen LogP) is 1.34. The lowest BCUT2D eigenvalue weighted by molar-refractivity contribution is -0.149. The summed E-state index contributed by atoms with van der Waals surface area (Å²) in [6, 6.07) is 0. The first-order chi connectivity index (χ1) is 8.33. The van der Waals surface area contributed by atoms with E-state index >= 15 is 0 Å². The molecule has 0 atom stereocenters. The number of nitrogens with one attached hydrogen (secondary N) is 1. The molecule has 0 radical (unpaired) electrons. The Bertz CT molecular complexity index is 277. The Balaban J connectivity index is 3.94. The highest BCUT2D eigenvalue weighted by atomic mass is 16.4. The van der Waals surface area contributed by atoms with Crippen LogP contribution in [0.4, 0.5) is 0 Å². The maximum absolute atomic E-state index is 11.6. The van der Waals surface area contributed by atoms with E-state index in [0.717, 1.165) is 26.1 Å². The van der Waals surface area contributed by atoms with Crippen LogP contribution in [0.1, 0.15) is 40.5 Å². The van der Waals surface area contributed by atoms with Gasteiger partial charge in [-0.1, -0.05) is 13.8 Å². The minimum atomic E-state index is -1.00. The molecule has 0 heterocycles. The molecule has 0 aromatic carbocycles. The summed E-state index contributed by atoms with van der Waals surface area (Å²) in [5.74, 6) is -1.14. The van der Waals surface area contributed by atoms with E-state index in [0.29, 0.717) is 6.54 Å². The highest BCUT2D eigenvalue weighted by Crippen LogP contribution is 2.19. The fourth-order valence-electron chi connectivity index (χ4n) is 1.64. The van der Waals surface area contributed by atoms with Crippen LogP contribution in [0.5, 0.6) is 0 Å². The summed E-state index contributed by atoms with van der Waals surface area (Å²) in [6.07, 6.45) is 1.11. The standard InChI is InChI=1S/C13H26N2O3/c1-5-8-15(6-2)9-7-14-11(16)10-13(3,4)12(17)18/h5-10H2,1-4H3,(H,14,16)(H,17,18). The molecule has 0 unspecified atom stereocenters. The molecule has 0 saturated carbocycles. The first kappa shape index (κ1) is 16.9. The predicted molar refractivity (Wildman–Crippen MR) is 71.4 cm³/mol. The van der Waals surface area contributed by atoms with Crippen molar-refractivity contribution in [2.45, 2.75) is 40.5 Å². The lowest BCUT2D eigenvalue weighted by Gasteiger charge is -2.21. The molecule has 1 amide bonds. The molecule has 0 saturated heterocycles. The fraction of sp³-hybridized carbons (Fsp3) is 0.846. The SMILES string of the molecule is CCCN(CC)CCNC(=O)CC(C)(C)C(=O)O. The zero-order valence-electron chi connectivity index (χ0n) is 12.0. The molecule has 0 aliphatic rings. The number of carboxylic acid groups (broad SMARTS) is 1. The Labute approximate surface area is 110 Å². The normalized spacial score (nSPS) is 11.6. The van der Waals surface area contributed by atoms with E-state index in [1.54, 1.807) is 13.8 Å². The Morgan fingerprint density at radius 2 is 1.83 bits per heavy atom. The highest BCUT2D eigenvalue weighted by Gasteiger charge is 2.29. The minimum Gasteiger partial charge on any atom is -0.481 e. The van der Waals surface area contributed by atoms with Crippen LogP contribution in [0.2, 0.25) is 0 Å². The minimum absolute atomic E-state index is 0.0161. The second-order valence-electron chi connectivity index (χ2n) is 5.15. The van der Waals surface area contributed by atoms with Crippen LogP contribution >= 0.6 is 0 Å².